The zero-order valence-corrected chi connectivity index (χ0v) is 13.9. The fourth-order valence-corrected chi connectivity index (χ4v) is 2.48. The van der Waals surface area contributed by atoms with E-state index in [2.05, 4.69) is 42.2 Å². The van der Waals surface area contributed by atoms with Gasteiger partial charge in [0.05, 0.1) is 9.40 Å². The molecule has 2 aromatic rings. The van der Waals surface area contributed by atoms with E-state index in [1.807, 2.05) is 6.07 Å². The Morgan fingerprint density at radius 2 is 2.05 bits per heavy atom. The van der Waals surface area contributed by atoms with Crippen LogP contribution in [0, 0.1) is 17.0 Å². The largest absolute Gasteiger partial charge is 0.306 e. The van der Waals surface area contributed by atoms with Crippen LogP contribution in [0.4, 0.5) is 11.5 Å². The molecule has 1 aromatic carbocycles. The van der Waals surface area contributed by atoms with E-state index < -0.39 is 10.8 Å². The highest BCUT2D eigenvalue weighted by Crippen LogP contribution is 2.26. The van der Waals surface area contributed by atoms with Crippen LogP contribution in [0.5, 0.6) is 0 Å². The van der Waals surface area contributed by atoms with Gasteiger partial charge in [0.2, 0.25) is 0 Å². The number of nitro benzene ring substituents is 1. The number of aryl methyl sites for hydroxylation is 1. The van der Waals surface area contributed by atoms with Crippen molar-refractivity contribution < 1.29 is 9.72 Å². The smallest absolute Gasteiger partial charge is 0.284 e. The fraction of sp³-hybridized carbons (Fsp3) is 0.0769. The first-order valence-electron chi connectivity index (χ1n) is 5.76. The molecule has 6 nitrogen and oxygen atoms in total. The lowest BCUT2D eigenvalue weighted by Gasteiger charge is -2.08. The molecular weight excluding hydrogens is 406 g/mol. The van der Waals surface area contributed by atoms with Gasteiger partial charge in [0, 0.05) is 22.3 Å². The number of pyridine rings is 1. The Morgan fingerprint density at radius 1 is 1.33 bits per heavy atom. The molecule has 0 saturated heterocycles. The first-order chi connectivity index (χ1) is 9.88. The Hall–Kier alpha value is -1.80. The second-order valence-electron chi connectivity index (χ2n) is 4.20. The first kappa shape index (κ1) is 15.6. The molecule has 0 unspecified atom stereocenters. The molecule has 1 heterocycles. The predicted molar refractivity (Wildman–Crippen MR) is 85.4 cm³/mol. The minimum absolute atomic E-state index is 0.164. The van der Waals surface area contributed by atoms with Crippen LogP contribution in [-0.2, 0) is 0 Å². The van der Waals surface area contributed by atoms with Crippen LogP contribution >= 0.6 is 31.9 Å². The van der Waals surface area contributed by atoms with E-state index in [1.54, 1.807) is 13.1 Å². The standard InChI is InChI=1S/C13H9Br2N3O3/c1-7-4-9(14)6-16-12(7)17-13(19)8-2-3-10(15)11(5-8)18(20)21/h2-6H,1H3,(H,16,17,19). The molecule has 1 aromatic heterocycles. The van der Waals surface area contributed by atoms with Crippen molar-refractivity contribution in [2.45, 2.75) is 6.92 Å². The van der Waals surface area contributed by atoms with Crippen LogP contribution in [0.3, 0.4) is 0 Å². The van der Waals surface area contributed by atoms with Crippen molar-refractivity contribution in [1.82, 2.24) is 4.98 Å². The second kappa shape index (κ2) is 6.31. The number of carbonyl (C=O) groups is 1. The fourth-order valence-electron chi connectivity index (χ4n) is 1.64. The zero-order valence-electron chi connectivity index (χ0n) is 10.8. The number of aromatic nitrogens is 1. The predicted octanol–water partition coefficient (Wildman–Crippen LogP) is 4.08. The summed E-state index contributed by atoms with van der Waals surface area (Å²) in [5, 5.41) is 13.5. The van der Waals surface area contributed by atoms with Gasteiger partial charge in [-0.05, 0) is 62.5 Å². The summed E-state index contributed by atoms with van der Waals surface area (Å²) in [7, 11) is 0. The van der Waals surface area contributed by atoms with E-state index in [9.17, 15) is 14.9 Å². The molecule has 0 aliphatic heterocycles. The summed E-state index contributed by atoms with van der Waals surface area (Å²) in [6.07, 6.45) is 1.56. The third-order valence-electron chi connectivity index (χ3n) is 2.68. The van der Waals surface area contributed by atoms with Gasteiger partial charge in [-0.3, -0.25) is 14.9 Å². The highest BCUT2D eigenvalue weighted by molar-refractivity contribution is 9.10. The molecule has 1 amide bonds. The van der Waals surface area contributed by atoms with Crippen molar-refractivity contribution in [1.29, 1.82) is 0 Å². The average Bonchev–Trinajstić information content (AvgIpc) is 2.42. The van der Waals surface area contributed by atoms with Gasteiger partial charge in [0.15, 0.2) is 0 Å². The van der Waals surface area contributed by atoms with E-state index in [0.29, 0.717) is 10.3 Å². The van der Waals surface area contributed by atoms with E-state index >= 15 is 0 Å². The van der Waals surface area contributed by atoms with Gasteiger partial charge in [-0.15, -0.1) is 0 Å². The molecule has 21 heavy (non-hydrogen) atoms. The van der Waals surface area contributed by atoms with Crippen LogP contribution in [0.2, 0.25) is 0 Å². The Kier molecular flexibility index (Phi) is 4.69. The molecule has 0 aliphatic rings. The Bertz CT molecular complexity index is 735. The Labute approximate surface area is 137 Å². The number of amides is 1. The minimum atomic E-state index is -0.552. The van der Waals surface area contributed by atoms with Crippen molar-refractivity contribution in [2.24, 2.45) is 0 Å². The van der Waals surface area contributed by atoms with Crippen LogP contribution in [-0.4, -0.2) is 15.8 Å². The van der Waals surface area contributed by atoms with Gasteiger partial charge in [-0.2, -0.15) is 0 Å². The molecule has 108 valence electrons. The van der Waals surface area contributed by atoms with Gasteiger partial charge in [0.25, 0.3) is 11.6 Å². The Morgan fingerprint density at radius 3 is 2.67 bits per heavy atom. The van der Waals surface area contributed by atoms with E-state index in [-0.39, 0.29) is 11.3 Å². The third kappa shape index (κ3) is 3.64. The quantitative estimate of drug-likeness (QED) is 0.605. The number of hydrogen-bond donors (Lipinski definition) is 1. The van der Waals surface area contributed by atoms with Crippen LogP contribution in [0.25, 0.3) is 0 Å². The van der Waals surface area contributed by atoms with Crippen LogP contribution in [0.15, 0.2) is 39.4 Å². The summed E-state index contributed by atoms with van der Waals surface area (Å²) in [6, 6.07) is 6.00. The Balaban J connectivity index is 2.28. The SMILES string of the molecule is Cc1cc(Br)cnc1NC(=O)c1ccc(Br)c([N+](=O)[O-])c1. The molecule has 0 spiro atoms. The number of benzene rings is 1. The number of halogens is 2. The molecule has 0 saturated carbocycles. The van der Waals surface area contributed by atoms with Crippen molar-refractivity contribution >= 4 is 49.3 Å². The van der Waals surface area contributed by atoms with Crippen LogP contribution in [0.1, 0.15) is 15.9 Å². The molecule has 0 radical (unpaired) electrons. The lowest BCUT2D eigenvalue weighted by atomic mass is 10.2. The highest BCUT2D eigenvalue weighted by Gasteiger charge is 2.16. The molecule has 0 aliphatic carbocycles. The number of anilines is 1. The molecular formula is C13H9Br2N3O3. The van der Waals surface area contributed by atoms with Gasteiger partial charge in [-0.25, -0.2) is 4.98 Å². The minimum Gasteiger partial charge on any atom is -0.306 e. The first-order valence-corrected chi connectivity index (χ1v) is 7.34. The maximum atomic E-state index is 12.1. The number of nitrogens with one attached hydrogen (secondary N) is 1. The number of nitro groups is 1. The number of hydrogen-bond acceptors (Lipinski definition) is 4. The summed E-state index contributed by atoms with van der Waals surface area (Å²) >= 11 is 6.36. The number of nitrogens with zero attached hydrogens (tertiary/aromatic N) is 2. The van der Waals surface area contributed by atoms with Crippen molar-refractivity contribution in [2.75, 3.05) is 5.32 Å². The van der Waals surface area contributed by atoms with E-state index in [0.717, 1.165) is 10.0 Å². The summed E-state index contributed by atoms with van der Waals surface area (Å²) < 4.78 is 1.12. The van der Waals surface area contributed by atoms with Crippen molar-refractivity contribution in [3.8, 4) is 0 Å². The van der Waals surface area contributed by atoms with Gasteiger partial charge < -0.3 is 5.32 Å². The average molecular weight is 415 g/mol. The summed E-state index contributed by atoms with van der Waals surface area (Å²) in [5.41, 5.74) is 0.807. The maximum Gasteiger partial charge on any atom is 0.284 e. The molecule has 0 fully saturated rings. The number of carbonyl (C=O) groups excluding carboxylic acids is 1. The zero-order chi connectivity index (χ0) is 15.6. The monoisotopic (exact) mass is 413 g/mol. The van der Waals surface area contributed by atoms with Gasteiger partial charge >= 0.3 is 0 Å². The maximum absolute atomic E-state index is 12.1. The molecule has 1 N–H and O–H groups in total. The van der Waals surface area contributed by atoms with Crippen molar-refractivity contribution in [3.05, 3.63) is 60.6 Å². The lowest BCUT2D eigenvalue weighted by Crippen LogP contribution is -2.14. The summed E-state index contributed by atoms with van der Waals surface area (Å²) in [5.74, 6) is -0.0442. The third-order valence-corrected chi connectivity index (χ3v) is 3.79. The normalized spacial score (nSPS) is 10.2. The van der Waals surface area contributed by atoms with Gasteiger partial charge in [-0.1, -0.05) is 0 Å². The van der Waals surface area contributed by atoms with Gasteiger partial charge in [0.1, 0.15) is 5.82 Å². The lowest BCUT2D eigenvalue weighted by molar-refractivity contribution is -0.385. The molecule has 0 bridgehead atoms. The van der Waals surface area contributed by atoms with E-state index in [4.69, 9.17) is 0 Å². The number of rotatable bonds is 3. The highest BCUT2D eigenvalue weighted by atomic mass is 79.9. The molecule has 0 atom stereocenters. The molecule has 2 rings (SSSR count). The summed E-state index contributed by atoms with van der Waals surface area (Å²) in [4.78, 5) is 26.6. The second-order valence-corrected chi connectivity index (χ2v) is 5.97. The van der Waals surface area contributed by atoms with E-state index in [1.165, 1.54) is 18.2 Å². The topological polar surface area (TPSA) is 85.1 Å². The molecule has 8 heteroatoms. The summed E-state index contributed by atoms with van der Waals surface area (Å²) in [6.45, 7) is 1.80. The van der Waals surface area contributed by atoms with Crippen molar-refractivity contribution in [3.63, 3.8) is 0 Å². The van der Waals surface area contributed by atoms with Crippen LogP contribution < -0.4 is 5.32 Å².